The molecule has 1 saturated heterocycles. The van der Waals surface area contributed by atoms with Gasteiger partial charge in [-0.15, -0.1) is 0 Å². The van der Waals surface area contributed by atoms with Crippen molar-refractivity contribution in [1.29, 1.82) is 0 Å². The smallest absolute Gasteiger partial charge is 0.260 e. The van der Waals surface area contributed by atoms with E-state index < -0.39 is 0 Å². The number of ether oxygens (including phenoxy) is 1. The maximum absolute atomic E-state index is 12.9. The maximum Gasteiger partial charge on any atom is 0.260 e. The van der Waals surface area contributed by atoms with Crippen molar-refractivity contribution in [2.24, 2.45) is 0 Å². The standard InChI is InChI=1S/C22H26FN3O3/c1-16-4-3-5-20(17(16)2)29-15-22(28)26-12-10-25(11-13-26)14-21(27)24-19-8-6-18(23)7-9-19/h3-9H,10-15H2,1-2H3,(H,24,27). The second-order valence-corrected chi connectivity index (χ2v) is 7.20. The molecule has 2 amide bonds. The molecular formula is C22H26FN3O3. The molecule has 1 aliphatic rings. The lowest BCUT2D eigenvalue weighted by atomic mass is 10.1. The molecule has 6 nitrogen and oxygen atoms in total. The molecular weight excluding hydrogens is 373 g/mol. The van der Waals surface area contributed by atoms with Crippen LogP contribution >= 0.6 is 0 Å². The summed E-state index contributed by atoms with van der Waals surface area (Å²) in [6.45, 7) is 6.57. The number of amides is 2. The van der Waals surface area contributed by atoms with Crippen molar-refractivity contribution in [3.63, 3.8) is 0 Å². The summed E-state index contributed by atoms with van der Waals surface area (Å²) >= 11 is 0. The van der Waals surface area contributed by atoms with Crippen LogP contribution in [0, 0.1) is 19.7 Å². The van der Waals surface area contributed by atoms with E-state index in [4.69, 9.17) is 4.74 Å². The lowest BCUT2D eigenvalue weighted by Crippen LogP contribution is -2.51. The molecule has 29 heavy (non-hydrogen) atoms. The minimum absolute atomic E-state index is 0.00927. The summed E-state index contributed by atoms with van der Waals surface area (Å²) in [7, 11) is 0. The first-order valence-corrected chi connectivity index (χ1v) is 9.67. The quantitative estimate of drug-likeness (QED) is 0.811. The SMILES string of the molecule is Cc1cccc(OCC(=O)N2CCN(CC(=O)Nc3ccc(F)cc3)CC2)c1C. The number of rotatable bonds is 6. The molecule has 154 valence electrons. The van der Waals surface area contributed by atoms with Crippen molar-refractivity contribution in [2.75, 3.05) is 44.6 Å². The summed E-state index contributed by atoms with van der Waals surface area (Å²) in [6, 6.07) is 11.5. The number of hydrogen-bond acceptors (Lipinski definition) is 4. The third-order valence-electron chi connectivity index (χ3n) is 5.13. The molecule has 7 heteroatoms. The molecule has 0 spiro atoms. The minimum atomic E-state index is -0.342. The minimum Gasteiger partial charge on any atom is -0.483 e. The fourth-order valence-electron chi connectivity index (χ4n) is 3.20. The summed E-state index contributed by atoms with van der Waals surface area (Å²) in [5, 5.41) is 2.75. The van der Waals surface area contributed by atoms with Crippen LogP contribution in [0.3, 0.4) is 0 Å². The second kappa shape index (κ2) is 9.52. The average molecular weight is 399 g/mol. The molecule has 0 atom stereocenters. The summed E-state index contributed by atoms with van der Waals surface area (Å²) in [5.41, 5.74) is 2.73. The van der Waals surface area contributed by atoms with E-state index in [9.17, 15) is 14.0 Å². The number of nitrogens with zero attached hydrogens (tertiary/aromatic N) is 2. The summed E-state index contributed by atoms with van der Waals surface area (Å²) in [6.07, 6.45) is 0. The molecule has 0 bridgehead atoms. The van der Waals surface area contributed by atoms with Gasteiger partial charge < -0.3 is 15.0 Å². The van der Waals surface area contributed by atoms with Crippen LogP contribution in [0.2, 0.25) is 0 Å². The predicted octanol–water partition coefficient (Wildman–Crippen LogP) is 2.60. The fraction of sp³-hybridized carbons (Fsp3) is 0.364. The van der Waals surface area contributed by atoms with Crippen LogP contribution in [0.25, 0.3) is 0 Å². The van der Waals surface area contributed by atoms with Crippen molar-refractivity contribution in [2.45, 2.75) is 13.8 Å². The Labute approximate surface area is 170 Å². The van der Waals surface area contributed by atoms with E-state index in [2.05, 4.69) is 5.32 Å². The van der Waals surface area contributed by atoms with E-state index in [1.165, 1.54) is 24.3 Å². The molecule has 0 unspecified atom stereocenters. The van der Waals surface area contributed by atoms with E-state index in [0.29, 0.717) is 31.9 Å². The van der Waals surface area contributed by atoms with E-state index in [0.717, 1.165) is 16.9 Å². The zero-order valence-corrected chi connectivity index (χ0v) is 16.8. The lowest BCUT2D eigenvalue weighted by Gasteiger charge is -2.34. The molecule has 1 N–H and O–H groups in total. The Morgan fingerprint density at radius 3 is 2.41 bits per heavy atom. The highest BCUT2D eigenvalue weighted by molar-refractivity contribution is 5.92. The molecule has 0 aromatic heterocycles. The number of hydrogen-bond donors (Lipinski definition) is 1. The van der Waals surface area contributed by atoms with Gasteiger partial charge in [0.15, 0.2) is 6.61 Å². The van der Waals surface area contributed by atoms with Crippen molar-refractivity contribution >= 4 is 17.5 Å². The van der Waals surface area contributed by atoms with Gasteiger partial charge in [0.2, 0.25) is 5.91 Å². The van der Waals surface area contributed by atoms with Crippen molar-refractivity contribution in [3.05, 3.63) is 59.4 Å². The van der Waals surface area contributed by atoms with Gasteiger partial charge in [-0.05, 0) is 55.3 Å². The van der Waals surface area contributed by atoms with E-state index in [1.807, 2.05) is 36.9 Å². The predicted molar refractivity (Wildman–Crippen MR) is 109 cm³/mol. The van der Waals surface area contributed by atoms with Crippen LogP contribution < -0.4 is 10.1 Å². The molecule has 1 fully saturated rings. The topological polar surface area (TPSA) is 61.9 Å². The Kier molecular flexibility index (Phi) is 6.82. The van der Waals surface area contributed by atoms with Crippen LogP contribution in [-0.2, 0) is 9.59 Å². The van der Waals surface area contributed by atoms with Gasteiger partial charge >= 0.3 is 0 Å². The molecule has 3 rings (SSSR count). The second-order valence-electron chi connectivity index (χ2n) is 7.20. The summed E-state index contributed by atoms with van der Waals surface area (Å²) < 4.78 is 18.6. The Morgan fingerprint density at radius 1 is 1.03 bits per heavy atom. The number of anilines is 1. The highest BCUT2D eigenvalue weighted by Crippen LogP contribution is 2.20. The summed E-state index contributed by atoms with van der Waals surface area (Å²) in [4.78, 5) is 28.3. The number of piperazine rings is 1. The molecule has 2 aromatic rings. The van der Waals surface area contributed by atoms with Gasteiger partial charge in [-0.1, -0.05) is 12.1 Å². The first-order valence-electron chi connectivity index (χ1n) is 9.67. The maximum atomic E-state index is 12.9. The van der Waals surface area contributed by atoms with Crippen LogP contribution in [0.15, 0.2) is 42.5 Å². The highest BCUT2D eigenvalue weighted by atomic mass is 19.1. The van der Waals surface area contributed by atoms with Crippen LogP contribution in [0.5, 0.6) is 5.75 Å². The molecule has 1 heterocycles. The van der Waals surface area contributed by atoms with E-state index in [-0.39, 0.29) is 30.8 Å². The molecule has 1 aliphatic heterocycles. The van der Waals surface area contributed by atoms with Crippen molar-refractivity contribution in [1.82, 2.24) is 9.80 Å². The Balaban J connectivity index is 1.41. The van der Waals surface area contributed by atoms with Crippen LogP contribution in [0.4, 0.5) is 10.1 Å². The zero-order valence-electron chi connectivity index (χ0n) is 16.8. The van der Waals surface area contributed by atoms with Crippen molar-refractivity contribution < 1.29 is 18.7 Å². The third-order valence-corrected chi connectivity index (χ3v) is 5.13. The molecule has 0 saturated carbocycles. The van der Waals surface area contributed by atoms with Gasteiger partial charge in [-0.2, -0.15) is 0 Å². The third kappa shape index (κ3) is 5.77. The number of benzene rings is 2. The Morgan fingerprint density at radius 2 is 1.72 bits per heavy atom. The molecule has 0 radical (unpaired) electrons. The van der Waals surface area contributed by atoms with E-state index >= 15 is 0 Å². The van der Waals surface area contributed by atoms with Gasteiger partial charge in [0.25, 0.3) is 5.91 Å². The number of aryl methyl sites for hydroxylation is 1. The van der Waals surface area contributed by atoms with E-state index in [1.54, 1.807) is 4.90 Å². The van der Waals surface area contributed by atoms with Gasteiger partial charge in [-0.25, -0.2) is 4.39 Å². The van der Waals surface area contributed by atoms with Gasteiger partial charge in [0, 0.05) is 31.9 Å². The highest BCUT2D eigenvalue weighted by Gasteiger charge is 2.23. The average Bonchev–Trinajstić information content (AvgIpc) is 2.71. The largest absolute Gasteiger partial charge is 0.483 e. The first kappa shape index (κ1) is 20.8. The van der Waals surface area contributed by atoms with Gasteiger partial charge in [0.05, 0.1) is 6.54 Å². The monoisotopic (exact) mass is 399 g/mol. The molecule has 0 aliphatic carbocycles. The number of nitrogens with one attached hydrogen (secondary N) is 1. The summed E-state index contributed by atoms with van der Waals surface area (Å²) in [5.74, 6) is 0.177. The molecule has 2 aromatic carbocycles. The fourth-order valence-corrected chi connectivity index (χ4v) is 3.20. The van der Waals surface area contributed by atoms with Crippen molar-refractivity contribution in [3.8, 4) is 5.75 Å². The first-order chi connectivity index (χ1) is 13.9. The van der Waals surface area contributed by atoms with Crippen LogP contribution in [-0.4, -0.2) is 60.9 Å². The number of carbonyl (C=O) groups is 2. The Bertz CT molecular complexity index is 862. The van der Waals surface area contributed by atoms with Gasteiger partial charge in [-0.3, -0.25) is 14.5 Å². The Hall–Kier alpha value is -2.93. The lowest BCUT2D eigenvalue weighted by molar-refractivity contribution is -0.135. The normalized spacial score (nSPS) is 14.5. The number of halogens is 1. The number of carbonyl (C=O) groups excluding carboxylic acids is 2. The zero-order chi connectivity index (χ0) is 20.8. The van der Waals surface area contributed by atoms with Crippen LogP contribution in [0.1, 0.15) is 11.1 Å². The van der Waals surface area contributed by atoms with Gasteiger partial charge in [0.1, 0.15) is 11.6 Å².